The van der Waals surface area contributed by atoms with Crippen molar-refractivity contribution < 1.29 is 13.2 Å². The standard InChI is InChI=1S/C12H18N4O3S/c1-9-3-5-13-12(15-9)10-4-6-16(8-10)11(17)7-14-20(2,18)19/h3,5,10,14H,4,6-8H2,1-2H3/t10-/m1/s1. The minimum Gasteiger partial charge on any atom is -0.341 e. The van der Waals surface area contributed by atoms with Crippen molar-refractivity contribution in [2.24, 2.45) is 0 Å². The van der Waals surface area contributed by atoms with E-state index in [0.29, 0.717) is 13.1 Å². The van der Waals surface area contributed by atoms with Crippen molar-refractivity contribution in [1.29, 1.82) is 0 Å². The third kappa shape index (κ3) is 3.97. The summed E-state index contributed by atoms with van der Waals surface area (Å²) < 4.78 is 24.2. The van der Waals surface area contributed by atoms with Gasteiger partial charge in [-0.3, -0.25) is 4.79 Å². The van der Waals surface area contributed by atoms with Crippen molar-refractivity contribution in [3.63, 3.8) is 0 Å². The van der Waals surface area contributed by atoms with Gasteiger partial charge in [0.15, 0.2) is 0 Å². The van der Waals surface area contributed by atoms with Crippen LogP contribution in [0, 0.1) is 6.92 Å². The van der Waals surface area contributed by atoms with E-state index in [2.05, 4.69) is 14.7 Å². The number of aromatic nitrogens is 2. The summed E-state index contributed by atoms with van der Waals surface area (Å²) in [6.45, 7) is 2.85. The quantitative estimate of drug-likeness (QED) is 0.820. The SMILES string of the molecule is Cc1ccnc([C@@H]2CCN(C(=O)CNS(C)(=O)=O)C2)n1. The van der Waals surface area contributed by atoms with E-state index in [1.54, 1.807) is 11.1 Å². The molecule has 0 spiro atoms. The smallest absolute Gasteiger partial charge is 0.237 e. The summed E-state index contributed by atoms with van der Waals surface area (Å²) in [5, 5.41) is 0. The normalized spacial score (nSPS) is 19.3. The Balaban J connectivity index is 1.93. The van der Waals surface area contributed by atoms with Crippen molar-refractivity contribution >= 4 is 15.9 Å². The van der Waals surface area contributed by atoms with E-state index >= 15 is 0 Å². The zero-order valence-electron chi connectivity index (χ0n) is 11.5. The number of hydrogen-bond donors (Lipinski definition) is 1. The fourth-order valence-electron chi connectivity index (χ4n) is 2.17. The van der Waals surface area contributed by atoms with Gasteiger partial charge < -0.3 is 4.90 Å². The van der Waals surface area contributed by atoms with Crippen LogP contribution < -0.4 is 4.72 Å². The monoisotopic (exact) mass is 298 g/mol. The molecule has 2 heterocycles. The number of nitrogens with one attached hydrogen (secondary N) is 1. The van der Waals surface area contributed by atoms with Crippen LogP contribution in [0.3, 0.4) is 0 Å². The van der Waals surface area contributed by atoms with Gasteiger partial charge in [-0.05, 0) is 19.4 Å². The summed E-state index contributed by atoms with van der Waals surface area (Å²) in [6.07, 6.45) is 3.55. The summed E-state index contributed by atoms with van der Waals surface area (Å²) >= 11 is 0. The van der Waals surface area contributed by atoms with Gasteiger partial charge in [0.1, 0.15) is 5.82 Å². The first-order chi connectivity index (χ1) is 9.35. The van der Waals surface area contributed by atoms with Gasteiger partial charge >= 0.3 is 0 Å². The number of amides is 1. The number of aryl methyl sites for hydroxylation is 1. The third-order valence-electron chi connectivity index (χ3n) is 3.21. The summed E-state index contributed by atoms with van der Waals surface area (Å²) in [5.41, 5.74) is 0.901. The minimum absolute atomic E-state index is 0.122. The molecule has 1 aliphatic rings. The Hall–Kier alpha value is -1.54. The summed E-state index contributed by atoms with van der Waals surface area (Å²) in [6, 6.07) is 1.83. The highest BCUT2D eigenvalue weighted by Gasteiger charge is 2.29. The molecule has 0 unspecified atom stereocenters. The Morgan fingerprint density at radius 1 is 1.55 bits per heavy atom. The maximum atomic E-state index is 11.9. The van der Waals surface area contributed by atoms with Gasteiger partial charge in [0.25, 0.3) is 0 Å². The molecule has 1 atom stereocenters. The van der Waals surface area contributed by atoms with Crippen molar-refractivity contribution in [1.82, 2.24) is 19.6 Å². The van der Waals surface area contributed by atoms with Crippen LogP contribution in [-0.4, -0.2) is 55.1 Å². The van der Waals surface area contributed by atoms with Crippen LogP contribution in [0.5, 0.6) is 0 Å². The Bertz CT molecular complexity index is 602. The predicted octanol–water partition coefficient (Wildman–Crippen LogP) is -0.350. The molecular formula is C12H18N4O3S. The van der Waals surface area contributed by atoms with Gasteiger partial charge in [0.05, 0.1) is 12.8 Å². The van der Waals surface area contributed by atoms with Crippen molar-refractivity contribution in [3.05, 3.63) is 23.8 Å². The number of hydrogen-bond acceptors (Lipinski definition) is 5. The maximum Gasteiger partial charge on any atom is 0.237 e. The third-order valence-corrected chi connectivity index (χ3v) is 3.87. The Morgan fingerprint density at radius 2 is 2.30 bits per heavy atom. The number of sulfonamides is 1. The summed E-state index contributed by atoms with van der Waals surface area (Å²) in [5.74, 6) is 0.652. The lowest BCUT2D eigenvalue weighted by Gasteiger charge is -2.16. The molecule has 0 aliphatic carbocycles. The summed E-state index contributed by atoms with van der Waals surface area (Å²) in [4.78, 5) is 22.2. The molecule has 7 nitrogen and oxygen atoms in total. The molecule has 1 amide bonds. The molecule has 1 fully saturated rings. The number of rotatable bonds is 4. The topological polar surface area (TPSA) is 92.3 Å². The van der Waals surface area contributed by atoms with Crippen LogP contribution in [0.15, 0.2) is 12.3 Å². The molecule has 0 bridgehead atoms. The molecule has 1 aromatic heterocycles. The van der Waals surface area contributed by atoms with Crippen LogP contribution in [0.1, 0.15) is 23.9 Å². The molecule has 1 saturated heterocycles. The molecule has 1 N–H and O–H groups in total. The molecule has 1 aliphatic heterocycles. The maximum absolute atomic E-state index is 11.9. The average molecular weight is 298 g/mol. The molecule has 20 heavy (non-hydrogen) atoms. The molecule has 110 valence electrons. The minimum atomic E-state index is -3.34. The largest absolute Gasteiger partial charge is 0.341 e. The Kier molecular flexibility index (Phi) is 4.34. The van der Waals surface area contributed by atoms with Gasteiger partial charge in [-0.1, -0.05) is 0 Å². The van der Waals surface area contributed by atoms with Crippen molar-refractivity contribution in [2.45, 2.75) is 19.3 Å². The van der Waals surface area contributed by atoms with E-state index in [1.165, 1.54) is 0 Å². The van der Waals surface area contributed by atoms with Gasteiger partial charge in [0, 0.05) is 30.9 Å². The van der Waals surface area contributed by atoms with Gasteiger partial charge in [-0.2, -0.15) is 0 Å². The second-order valence-electron chi connectivity index (χ2n) is 4.97. The van der Waals surface area contributed by atoms with Crippen LogP contribution >= 0.6 is 0 Å². The van der Waals surface area contributed by atoms with E-state index < -0.39 is 10.0 Å². The molecule has 8 heteroatoms. The molecule has 2 rings (SSSR count). The molecule has 0 aromatic carbocycles. The zero-order valence-corrected chi connectivity index (χ0v) is 12.4. The Morgan fingerprint density at radius 3 is 2.95 bits per heavy atom. The first kappa shape index (κ1) is 14.9. The number of carbonyl (C=O) groups excluding carboxylic acids is 1. The predicted molar refractivity (Wildman–Crippen MR) is 73.6 cm³/mol. The highest BCUT2D eigenvalue weighted by molar-refractivity contribution is 7.88. The van der Waals surface area contributed by atoms with E-state index in [1.807, 2.05) is 13.0 Å². The van der Waals surface area contributed by atoms with Gasteiger partial charge in [0.2, 0.25) is 15.9 Å². The molecule has 0 saturated carbocycles. The summed E-state index contributed by atoms with van der Waals surface area (Å²) in [7, 11) is -3.34. The van der Waals surface area contributed by atoms with Crippen molar-refractivity contribution in [2.75, 3.05) is 25.9 Å². The van der Waals surface area contributed by atoms with Crippen LogP contribution in [0.4, 0.5) is 0 Å². The van der Waals surface area contributed by atoms with Crippen LogP contribution in [-0.2, 0) is 14.8 Å². The van der Waals surface area contributed by atoms with E-state index in [9.17, 15) is 13.2 Å². The second-order valence-corrected chi connectivity index (χ2v) is 6.81. The number of likely N-dealkylation sites (tertiary alicyclic amines) is 1. The fraction of sp³-hybridized carbons (Fsp3) is 0.583. The van der Waals surface area contributed by atoms with E-state index in [4.69, 9.17) is 0 Å². The second kappa shape index (κ2) is 5.84. The zero-order chi connectivity index (χ0) is 14.8. The lowest BCUT2D eigenvalue weighted by Crippen LogP contribution is -2.38. The first-order valence-electron chi connectivity index (χ1n) is 6.37. The van der Waals surface area contributed by atoms with E-state index in [-0.39, 0.29) is 18.4 Å². The molecular weight excluding hydrogens is 280 g/mol. The average Bonchev–Trinajstić information content (AvgIpc) is 2.84. The Labute approximate surface area is 118 Å². The van der Waals surface area contributed by atoms with Gasteiger partial charge in [-0.25, -0.2) is 23.1 Å². The highest BCUT2D eigenvalue weighted by Crippen LogP contribution is 2.24. The van der Waals surface area contributed by atoms with Crippen LogP contribution in [0.2, 0.25) is 0 Å². The molecule has 0 radical (unpaired) electrons. The van der Waals surface area contributed by atoms with Crippen LogP contribution in [0.25, 0.3) is 0 Å². The van der Waals surface area contributed by atoms with Crippen molar-refractivity contribution in [3.8, 4) is 0 Å². The molecule has 1 aromatic rings. The fourth-order valence-corrected chi connectivity index (χ4v) is 2.55. The number of carbonyl (C=O) groups is 1. The number of nitrogens with zero attached hydrogens (tertiary/aromatic N) is 3. The highest BCUT2D eigenvalue weighted by atomic mass is 32.2. The lowest BCUT2D eigenvalue weighted by molar-refractivity contribution is -0.128. The lowest BCUT2D eigenvalue weighted by atomic mass is 10.1. The first-order valence-corrected chi connectivity index (χ1v) is 8.26. The van der Waals surface area contributed by atoms with Gasteiger partial charge in [-0.15, -0.1) is 0 Å². The van der Waals surface area contributed by atoms with E-state index in [0.717, 1.165) is 24.2 Å².